The SMILES string of the molecule is NC(=O)C(Cc1ccccc1)C1NCCS1. The molecule has 4 heteroatoms. The molecule has 1 aliphatic heterocycles. The zero-order chi connectivity index (χ0) is 11.4. The van der Waals surface area contributed by atoms with Gasteiger partial charge in [0.15, 0.2) is 0 Å². The molecule has 0 radical (unpaired) electrons. The molecule has 0 aromatic heterocycles. The van der Waals surface area contributed by atoms with Crippen molar-refractivity contribution in [3.05, 3.63) is 35.9 Å². The summed E-state index contributed by atoms with van der Waals surface area (Å²) in [7, 11) is 0. The lowest BCUT2D eigenvalue weighted by Crippen LogP contribution is -2.39. The fraction of sp³-hybridized carbons (Fsp3) is 0.417. The molecule has 3 N–H and O–H groups in total. The second kappa shape index (κ2) is 5.37. The van der Waals surface area contributed by atoms with E-state index in [0.717, 1.165) is 18.7 Å². The van der Waals surface area contributed by atoms with E-state index in [2.05, 4.69) is 5.32 Å². The van der Waals surface area contributed by atoms with Crippen molar-refractivity contribution in [3.8, 4) is 0 Å². The molecule has 1 aliphatic rings. The second-order valence-corrected chi connectivity index (χ2v) is 5.19. The van der Waals surface area contributed by atoms with Crippen LogP contribution in [0.2, 0.25) is 0 Å². The number of rotatable bonds is 4. The molecule has 3 nitrogen and oxygen atoms in total. The third kappa shape index (κ3) is 2.77. The van der Waals surface area contributed by atoms with Gasteiger partial charge in [-0.3, -0.25) is 4.79 Å². The molecule has 1 saturated heterocycles. The van der Waals surface area contributed by atoms with Crippen molar-refractivity contribution < 1.29 is 4.79 Å². The van der Waals surface area contributed by atoms with Gasteiger partial charge in [0, 0.05) is 12.3 Å². The molecule has 1 amide bonds. The van der Waals surface area contributed by atoms with Crippen LogP contribution in [0.1, 0.15) is 5.56 Å². The van der Waals surface area contributed by atoms with Crippen LogP contribution in [0.15, 0.2) is 30.3 Å². The van der Waals surface area contributed by atoms with Crippen LogP contribution >= 0.6 is 11.8 Å². The molecule has 1 aromatic carbocycles. The summed E-state index contributed by atoms with van der Waals surface area (Å²) in [4.78, 5) is 11.5. The third-order valence-corrected chi connectivity index (χ3v) is 4.07. The number of nitrogens with one attached hydrogen (secondary N) is 1. The Morgan fingerprint density at radius 1 is 1.50 bits per heavy atom. The van der Waals surface area contributed by atoms with Crippen LogP contribution < -0.4 is 11.1 Å². The van der Waals surface area contributed by atoms with E-state index >= 15 is 0 Å². The third-order valence-electron chi connectivity index (χ3n) is 2.77. The number of nitrogens with two attached hydrogens (primary N) is 1. The predicted octanol–water partition coefficient (Wildman–Crippen LogP) is 0.993. The summed E-state index contributed by atoms with van der Waals surface area (Å²) in [5.74, 6) is 0.731. The smallest absolute Gasteiger partial charge is 0.223 e. The number of primary amides is 1. The number of hydrogen-bond donors (Lipinski definition) is 2. The molecule has 16 heavy (non-hydrogen) atoms. The number of hydrogen-bond acceptors (Lipinski definition) is 3. The Morgan fingerprint density at radius 2 is 2.25 bits per heavy atom. The zero-order valence-corrected chi connectivity index (χ0v) is 9.87. The molecular weight excluding hydrogens is 220 g/mol. The lowest BCUT2D eigenvalue weighted by Gasteiger charge is -2.19. The van der Waals surface area contributed by atoms with Gasteiger partial charge < -0.3 is 11.1 Å². The standard InChI is InChI=1S/C12H16N2OS/c13-11(15)10(12-14-6-7-16-12)8-9-4-2-1-3-5-9/h1-5,10,12,14H,6-8H2,(H2,13,15). The van der Waals surface area contributed by atoms with Crippen molar-refractivity contribution in [1.29, 1.82) is 0 Å². The number of carbonyl (C=O) groups excluding carboxylic acids is 1. The molecule has 86 valence electrons. The van der Waals surface area contributed by atoms with Gasteiger partial charge in [-0.15, -0.1) is 11.8 Å². The number of thioether (sulfide) groups is 1. The van der Waals surface area contributed by atoms with Gasteiger partial charge in [0.1, 0.15) is 0 Å². The molecule has 2 atom stereocenters. The van der Waals surface area contributed by atoms with Crippen molar-refractivity contribution >= 4 is 17.7 Å². The lowest BCUT2D eigenvalue weighted by atomic mass is 9.98. The highest BCUT2D eigenvalue weighted by atomic mass is 32.2. The number of amides is 1. The van der Waals surface area contributed by atoms with E-state index in [-0.39, 0.29) is 17.2 Å². The predicted molar refractivity (Wildman–Crippen MR) is 67.1 cm³/mol. The summed E-state index contributed by atoms with van der Waals surface area (Å²) in [5, 5.41) is 3.50. The summed E-state index contributed by atoms with van der Waals surface area (Å²) < 4.78 is 0. The van der Waals surface area contributed by atoms with Crippen LogP contribution in [0.5, 0.6) is 0 Å². The highest BCUT2D eigenvalue weighted by molar-refractivity contribution is 8.00. The summed E-state index contributed by atoms with van der Waals surface area (Å²) >= 11 is 1.79. The van der Waals surface area contributed by atoms with E-state index in [1.807, 2.05) is 30.3 Å². The van der Waals surface area contributed by atoms with Crippen LogP contribution in [-0.2, 0) is 11.2 Å². The van der Waals surface area contributed by atoms with Crippen molar-refractivity contribution in [3.63, 3.8) is 0 Å². The summed E-state index contributed by atoms with van der Waals surface area (Å²) in [5.41, 5.74) is 6.64. The van der Waals surface area contributed by atoms with E-state index < -0.39 is 0 Å². The summed E-state index contributed by atoms with van der Waals surface area (Å²) in [6, 6.07) is 10.0. The first-order valence-corrected chi connectivity index (χ1v) is 6.50. The average Bonchev–Trinajstić information content (AvgIpc) is 2.80. The van der Waals surface area contributed by atoms with Gasteiger partial charge in [-0.2, -0.15) is 0 Å². The number of carbonyl (C=O) groups is 1. The quantitative estimate of drug-likeness (QED) is 0.820. The maximum absolute atomic E-state index is 11.5. The van der Waals surface area contributed by atoms with Crippen molar-refractivity contribution in [1.82, 2.24) is 5.32 Å². The lowest BCUT2D eigenvalue weighted by molar-refractivity contribution is -0.121. The second-order valence-electron chi connectivity index (χ2n) is 3.94. The Bertz CT molecular complexity index is 349. The molecule has 1 fully saturated rings. The van der Waals surface area contributed by atoms with Crippen LogP contribution in [0.25, 0.3) is 0 Å². The fourth-order valence-electron chi connectivity index (χ4n) is 1.93. The van der Waals surface area contributed by atoms with E-state index in [4.69, 9.17) is 5.73 Å². The van der Waals surface area contributed by atoms with E-state index in [1.165, 1.54) is 5.56 Å². The van der Waals surface area contributed by atoms with Crippen LogP contribution in [0.4, 0.5) is 0 Å². The fourth-order valence-corrected chi connectivity index (χ4v) is 3.12. The zero-order valence-electron chi connectivity index (χ0n) is 9.06. The van der Waals surface area contributed by atoms with Gasteiger partial charge in [0.25, 0.3) is 0 Å². The van der Waals surface area contributed by atoms with Crippen LogP contribution in [0.3, 0.4) is 0 Å². The normalized spacial score (nSPS) is 21.9. The van der Waals surface area contributed by atoms with E-state index in [0.29, 0.717) is 0 Å². The molecule has 0 saturated carbocycles. The molecule has 2 rings (SSSR count). The van der Waals surface area contributed by atoms with Crippen LogP contribution in [-0.4, -0.2) is 23.6 Å². The Morgan fingerprint density at radius 3 is 2.81 bits per heavy atom. The molecule has 2 unspecified atom stereocenters. The maximum atomic E-state index is 11.5. The molecule has 0 bridgehead atoms. The Balaban J connectivity index is 2.05. The first kappa shape index (κ1) is 11.5. The molecule has 1 heterocycles. The monoisotopic (exact) mass is 236 g/mol. The molecular formula is C12H16N2OS. The maximum Gasteiger partial charge on any atom is 0.223 e. The van der Waals surface area contributed by atoms with E-state index in [1.54, 1.807) is 11.8 Å². The first-order chi connectivity index (χ1) is 7.77. The Hall–Kier alpha value is -1.00. The average molecular weight is 236 g/mol. The topological polar surface area (TPSA) is 55.1 Å². The Labute approximate surface area is 99.8 Å². The minimum Gasteiger partial charge on any atom is -0.369 e. The van der Waals surface area contributed by atoms with Gasteiger partial charge in [0.2, 0.25) is 5.91 Å². The minimum atomic E-state index is -0.212. The summed E-state index contributed by atoms with van der Waals surface area (Å²) in [6.07, 6.45) is 0.723. The molecule has 1 aromatic rings. The van der Waals surface area contributed by atoms with E-state index in [9.17, 15) is 4.79 Å². The van der Waals surface area contributed by atoms with Gasteiger partial charge in [-0.25, -0.2) is 0 Å². The van der Waals surface area contributed by atoms with Gasteiger partial charge in [-0.05, 0) is 12.0 Å². The highest BCUT2D eigenvalue weighted by Gasteiger charge is 2.29. The number of benzene rings is 1. The molecule has 0 spiro atoms. The van der Waals surface area contributed by atoms with Crippen molar-refractivity contribution in [2.45, 2.75) is 11.8 Å². The van der Waals surface area contributed by atoms with Crippen molar-refractivity contribution in [2.75, 3.05) is 12.3 Å². The van der Waals surface area contributed by atoms with Crippen LogP contribution in [0, 0.1) is 5.92 Å². The largest absolute Gasteiger partial charge is 0.369 e. The minimum absolute atomic E-state index is 0.116. The van der Waals surface area contributed by atoms with Gasteiger partial charge >= 0.3 is 0 Å². The first-order valence-electron chi connectivity index (χ1n) is 5.45. The summed E-state index contributed by atoms with van der Waals surface area (Å²) in [6.45, 7) is 0.966. The van der Waals surface area contributed by atoms with Gasteiger partial charge in [0.05, 0.1) is 11.3 Å². The Kier molecular flexibility index (Phi) is 3.85. The molecule has 0 aliphatic carbocycles. The van der Waals surface area contributed by atoms with Gasteiger partial charge in [-0.1, -0.05) is 30.3 Å². The van der Waals surface area contributed by atoms with Crippen molar-refractivity contribution in [2.24, 2.45) is 11.7 Å². The highest BCUT2D eigenvalue weighted by Crippen LogP contribution is 2.24.